The van der Waals surface area contributed by atoms with Crippen LogP contribution >= 0.6 is 0 Å². The van der Waals surface area contributed by atoms with Gasteiger partial charge in [-0.1, -0.05) is 0 Å². The Hall–Kier alpha value is -1.83. The number of piperidine rings is 1. The van der Waals surface area contributed by atoms with Crippen molar-refractivity contribution in [3.8, 4) is 0 Å². The standard InChI is InChI=1S/C14H27N5O3/c1-16-14(18-9-13(21)17-5-7-22-2)19-6-3-4-11(10-19)8-12(15)20/h11H,3-10H2,1-2H3,(H2,15,20)(H,16,18)(H,17,21). The van der Waals surface area contributed by atoms with E-state index in [1.54, 1.807) is 14.2 Å². The van der Waals surface area contributed by atoms with E-state index in [1.165, 1.54) is 0 Å². The van der Waals surface area contributed by atoms with Crippen LogP contribution in [0.1, 0.15) is 19.3 Å². The number of likely N-dealkylation sites (tertiary alicyclic amines) is 1. The van der Waals surface area contributed by atoms with E-state index in [0.717, 1.165) is 25.9 Å². The Bertz CT molecular complexity index is 400. The number of hydrogen-bond acceptors (Lipinski definition) is 4. The minimum Gasteiger partial charge on any atom is -0.383 e. The molecule has 1 fully saturated rings. The molecule has 8 nitrogen and oxygen atoms in total. The molecule has 0 aromatic carbocycles. The van der Waals surface area contributed by atoms with Crippen LogP contribution in [0.2, 0.25) is 0 Å². The third kappa shape index (κ3) is 6.75. The van der Waals surface area contributed by atoms with Crippen LogP contribution in [0.25, 0.3) is 0 Å². The molecule has 1 unspecified atom stereocenters. The van der Waals surface area contributed by atoms with E-state index in [2.05, 4.69) is 20.5 Å². The quantitative estimate of drug-likeness (QED) is 0.314. The van der Waals surface area contributed by atoms with Crippen molar-refractivity contribution in [3.05, 3.63) is 0 Å². The number of nitrogens with two attached hydrogens (primary N) is 1. The number of rotatable bonds is 7. The first-order chi connectivity index (χ1) is 10.6. The number of ether oxygens (including phenoxy) is 1. The highest BCUT2D eigenvalue weighted by Crippen LogP contribution is 2.19. The molecule has 1 aliphatic rings. The SMILES string of the molecule is CN=C(NCC(=O)NCCOC)N1CCCC(CC(N)=O)C1. The number of primary amides is 1. The van der Waals surface area contributed by atoms with E-state index in [0.29, 0.717) is 25.5 Å². The Labute approximate surface area is 131 Å². The molecule has 1 aliphatic heterocycles. The van der Waals surface area contributed by atoms with Crippen LogP contribution in [0.3, 0.4) is 0 Å². The number of nitrogens with zero attached hydrogens (tertiary/aromatic N) is 2. The van der Waals surface area contributed by atoms with E-state index < -0.39 is 0 Å². The average molecular weight is 313 g/mol. The van der Waals surface area contributed by atoms with Gasteiger partial charge in [0.05, 0.1) is 13.2 Å². The second-order valence-corrected chi connectivity index (χ2v) is 5.37. The molecule has 1 rings (SSSR count). The molecule has 1 heterocycles. The fourth-order valence-corrected chi connectivity index (χ4v) is 2.56. The molecule has 1 saturated heterocycles. The Balaban J connectivity index is 2.40. The molecule has 126 valence electrons. The zero-order valence-electron chi connectivity index (χ0n) is 13.4. The first-order valence-electron chi connectivity index (χ1n) is 7.56. The van der Waals surface area contributed by atoms with Gasteiger partial charge in [0.1, 0.15) is 0 Å². The monoisotopic (exact) mass is 313 g/mol. The number of nitrogens with one attached hydrogen (secondary N) is 2. The fourth-order valence-electron chi connectivity index (χ4n) is 2.56. The summed E-state index contributed by atoms with van der Waals surface area (Å²) in [4.78, 5) is 29.0. The fraction of sp³-hybridized carbons (Fsp3) is 0.786. The molecule has 1 atom stereocenters. The Kier molecular flexibility index (Phi) is 8.27. The number of carbonyl (C=O) groups is 2. The molecule has 0 bridgehead atoms. The zero-order chi connectivity index (χ0) is 16.4. The van der Waals surface area contributed by atoms with Crippen molar-refractivity contribution in [1.82, 2.24) is 15.5 Å². The van der Waals surface area contributed by atoms with Gasteiger partial charge in [-0.3, -0.25) is 14.6 Å². The molecule has 4 N–H and O–H groups in total. The zero-order valence-corrected chi connectivity index (χ0v) is 13.4. The lowest BCUT2D eigenvalue weighted by Gasteiger charge is -2.34. The number of methoxy groups -OCH3 is 1. The minimum absolute atomic E-state index is 0.108. The lowest BCUT2D eigenvalue weighted by molar-refractivity contribution is -0.120. The first kappa shape index (κ1) is 18.2. The largest absolute Gasteiger partial charge is 0.383 e. The van der Waals surface area contributed by atoms with Crippen molar-refractivity contribution in [1.29, 1.82) is 0 Å². The van der Waals surface area contributed by atoms with Crippen molar-refractivity contribution in [2.75, 3.05) is 46.9 Å². The summed E-state index contributed by atoms with van der Waals surface area (Å²) in [6.07, 6.45) is 2.37. The topological polar surface area (TPSA) is 109 Å². The summed E-state index contributed by atoms with van der Waals surface area (Å²) < 4.78 is 4.87. The van der Waals surface area contributed by atoms with Gasteiger partial charge in [0.2, 0.25) is 11.8 Å². The van der Waals surface area contributed by atoms with Crippen LogP contribution in [-0.2, 0) is 14.3 Å². The molecule has 0 saturated carbocycles. The lowest BCUT2D eigenvalue weighted by Crippen LogP contribution is -2.49. The van der Waals surface area contributed by atoms with Crippen molar-refractivity contribution < 1.29 is 14.3 Å². The Morgan fingerprint density at radius 1 is 1.41 bits per heavy atom. The molecule has 2 amide bonds. The first-order valence-corrected chi connectivity index (χ1v) is 7.56. The van der Waals surface area contributed by atoms with Gasteiger partial charge in [-0.15, -0.1) is 0 Å². The summed E-state index contributed by atoms with van der Waals surface area (Å²) in [7, 11) is 3.27. The molecule has 0 aromatic heterocycles. The molecule has 0 radical (unpaired) electrons. The third-order valence-corrected chi connectivity index (χ3v) is 3.56. The second kappa shape index (κ2) is 9.99. The van der Waals surface area contributed by atoms with E-state index >= 15 is 0 Å². The van der Waals surface area contributed by atoms with E-state index in [1.807, 2.05) is 0 Å². The lowest BCUT2D eigenvalue weighted by atomic mass is 9.95. The maximum Gasteiger partial charge on any atom is 0.239 e. The van der Waals surface area contributed by atoms with Gasteiger partial charge in [-0.05, 0) is 18.8 Å². The van der Waals surface area contributed by atoms with Gasteiger partial charge in [-0.25, -0.2) is 0 Å². The Morgan fingerprint density at radius 2 is 2.18 bits per heavy atom. The van der Waals surface area contributed by atoms with Crippen molar-refractivity contribution in [2.45, 2.75) is 19.3 Å². The minimum atomic E-state index is -0.271. The van der Waals surface area contributed by atoms with Gasteiger partial charge in [0, 0.05) is 40.2 Å². The molecule has 0 spiro atoms. The molecule has 0 aliphatic carbocycles. The predicted molar refractivity (Wildman–Crippen MR) is 84.4 cm³/mol. The number of guanidine groups is 1. The number of aliphatic imine (C=N–C) groups is 1. The van der Waals surface area contributed by atoms with Crippen molar-refractivity contribution in [2.24, 2.45) is 16.6 Å². The third-order valence-electron chi connectivity index (χ3n) is 3.56. The normalized spacial score (nSPS) is 18.9. The van der Waals surface area contributed by atoms with Gasteiger partial charge in [0.15, 0.2) is 5.96 Å². The Morgan fingerprint density at radius 3 is 2.82 bits per heavy atom. The van der Waals surface area contributed by atoms with Crippen LogP contribution in [0.5, 0.6) is 0 Å². The number of carbonyl (C=O) groups excluding carboxylic acids is 2. The number of amides is 2. The smallest absolute Gasteiger partial charge is 0.239 e. The highest BCUT2D eigenvalue weighted by atomic mass is 16.5. The van der Waals surface area contributed by atoms with Gasteiger partial charge >= 0.3 is 0 Å². The second-order valence-electron chi connectivity index (χ2n) is 5.37. The van der Waals surface area contributed by atoms with Crippen LogP contribution in [0, 0.1) is 5.92 Å². The van der Waals surface area contributed by atoms with Crippen molar-refractivity contribution in [3.63, 3.8) is 0 Å². The highest BCUT2D eigenvalue weighted by Gasteiger charge is 2.23. The van der Waals surface area contributed by atoms with Gasteiger partial charge in [0.25, 0.3) is 0 Å². The van der Waals surface area contributed by atoms with Gasteiger partial charge < -0.3 is 26.0 Å². The van der Waals surface area contributed by atoms with E-state index in [-0.39, 0.29) is 24.3 Å². The summed E-state index contributed by atoms with van der Waals surface area (Å²) in [5.41, 5.74) is 5.27. The summed E-state index contributed by atoms with van der Waals surface area (Å²) in [5.74, 6) is 0.549. The van der Waals surface area contributed by atoms with Gasteiger partial charge in [-0.2, -0.15) is 0 Å². The van der Waals surface area contributed by atoms with Crippen molar-refractivity contribution >= 4 is 17.8 Å². The highest BCUT2D eigenvalue weighted by molar-refractivity contribution is 5.86. The average Bonchev–Trinajstić information content (AvgIpc) is 2.48. The maximum absolute atomic E-state index is 11.7. The predicted octanol–water partition coefficient (Wildman–Crippen LogP) is -1.09. The maximum atomic E-state index is 11.7. The van der Waals surface area contributed by atoms with Crippen LogP contribution in [0.4, 0.5) is 0 Å². The molecule has 8 heteroatoms. The molecule has 22 heavy (non-hydrogen) atoms. The van der Waals surface area contributed by atoms with E-state index in [4.69, 9.17) is 10.5 Å². The molecular formula is C14H27N5O3. The summed E-state index contributed by atoms with van der Waals surface area (Å²) in [6, 6.07) is 0. The van der Waals surface area contributed by atoms with Crippen LogP contribution in [0.15, 0.2) is 4.99 Å². The molecule has 0 aromatic rings. The summed E-state index contributed by atoms with van der Waals surface area (Å²) in [5, 5.41) is 5.79. The van der Waals surface area contributed by atoms with Crippen LogP contribution in [-0.4, -0.2) is 69.6 Å². The molecular weight excluding hydrogens is 286 g/mol. The number of hydrogen-bond donors (Lipinski definition) is 3. The summed E-state index contributed by atoms with van der Waals surface area (Å²) in [6.45, 7) is 2.73. The summed E-state index contributed by atoms with van der Waals surface area (Å²) >= 11 is 0. The van der Waals surface area contributed by atoms with Crippen LogP contribution < -0.4 is 16.4 Å². The van der Waals surface area contributed by atoms with E-state index in [9.17, 15) is 9.59 Å².